The van der Waals surface area contributed by atoms with Crippen molar-refractivity contribution < 1.29 is 19.1 Å². The van der Waals surface area contributed by atoms with Crippen molar-refractivity contribution in [3.63, 3.8) is 0 Å². The molecule has 6 aromatic carbocycles. The van der Waals surface area contributed by atoms with Crippen LogP contribution in [0.25, 0.3) is 0 Å². The summed E-state index contributed by atoms with van der Waals surface area (Å²) in [7, 11) is 0. The highest BCUT2D eigenvalue weighted by atomic mass is 35.5. The van der Waals surface area contributed by atoms with Gasteiger partial charge in [-0.25, -0.2) is 0 Å². The van der Waals surface area contributed by atoms with Crippen LogP contribution in [0.3, 0.4) is 0 Å². The zero-order valence-electron chi connectivity index (χ0n) is 30.3. The number of ether oxygens (including phenoxy) is 2. The maximum Gasteiger partial charge on any atom is 0.257 e. The molecule has 6 aromatic rings. The van der Waals surface area contributed by atoms with Crippen molar-refractivity contribution in [3.8, 4) is 5.75 Å². The van der Waals surface area contributed by atoms with E-state index in [0.717, 1.165) is 52.0 Å². The lowest BCUT2D eigenvalue weighted by atomic mass is 9.92. The third kappa shape index (κ3) is 6.35. The van der Waals surface area contributed by atoms with Crippen LogP contribution < -0.4 is 4.74 Å². The molecule has 2 amide bonds. The third-order valence-corrected chi connectivity index (χ3v) is 12.3. The molecule has 56 heavy (non-hydrogen) atoms. The number of alkyl halides is 1. The van der Waals surface area contributed by atoms with Crippen molar-refractivity contribution >= 4 is 46.6 Å². The van der Waals surface area contributed by atoms with Crippen molar-refractivity contribution in [1.82, 2.24) is 9.80 Å². The van der Waals surface area contributed by atoms with Gasteiger partial charge in [0, 0.05) is 57.4 Å². The molecule has 4 unspecified atom stereocenters. The Kier molecular flexibility index (Phi) is 9.63. The van der Waals surface area contributed by atoms with Gasteiger partial charge in [-0.1, -0.05) is 138 Å². The minimum Gasteiger partial charge on any atom is -0.490 e. The molecule has 9 heteroatoms. The third-order valence-electron chi connectivity index (χ3n) is 11.2. The second-order valence-electron chi connectivity index (χ2n) is 14.6. The summed E-state index contributed by atoms with van der Waals surface area (Å²) in [5, 5.41) is 1.20. The SMILES string of the molecule is O=C1c2ccccc2C(Cl)(c2ccc(Cl)cc2)N1Cc1ccc(OC2CCC(OC3(c4ccc(Cl)cc4)c4ccccc4C(=O)N3Cc3ccccc3)C2)cc1. The van der Waals surface area contributed by atoms with Crippen molar-refractivity contribution in [1.29, 1.82) is 0 Å². The summed E-state index contributed by atoms with van der Waals surface area (Å²) in [5.74, 6) is 0.516. The summed E-state index contributed by atoms with van der Waals surface area (Å²) in [4.78, 5) is 30.4. The van der Waals surface area contributed by atoms with E-state index in [1.54, 1.807) is 17.0 Å². The number of carbonyl (C=O) groups is 2. The molecule has 0 aromatic heterocycles. The first-order valence-corrected chi connectivity index (χ1v) is 19.9. The molecule has 0 N–H and O–H groups in total. The van der Waals surface area contributed by atoms with Crippen LogP contribution in [0.4, 0.5) is 0 Å². The fourth-order valence-electron chi connectivity index (χ4n) is 8.49. The van der Waals surface area contributed by atoms with Crippen LogP contribution in [0.15, 0.2) is 152 Å². The second kappa shape index (κ2) is 14.8. The topological polar surface area (TPSA) is 59.1 Å². The number of fused-ring (bicyclic) bond motifs is 2. The molecule has 1 fully saturated rings. The predicted octanol–water partition coefficient (Wildman–Crippen LogP) is 11.0. The van der Waals surface area contributed by atoms with E-state index in [4.69, 9.17) is 44.3 Å². The number of halogens is 3. The molecule has 280 valence electrons. The predicted molar refractivity (Wildman–Crippen MR) is 219 cm³/mol. The van der Waals surface area contributed by atoms with Crippen molar-refractivity contribution in [2.75, 3.05) is 0 Å². The number of benzene rings is 6. The number of rotatable bonds is 10. The van der Waals surface area contributed by atoms with E-state index in [0.29, 0.717) is 40.7 Å². The molecule has 1 saturated carbocycles. The Bertz CT molecular complexity index is 2410. The van der Waals surface area contributed by atoms with Gasteiger partial charge in [0.05, 0.1) is 6.10 Å². The Morgan fingerprint density at radius 1 is 0.554 bits per heavy atom. The average molecular weight is 800 g/mol. The van der Waals surface area contributed by atoms with Crippen LogP contribution in [-0.2, 0) is 28.5 Å². The van der Waals surface area contributed by atoms with Crippen LogP contribution in [-0.4, -0.2) is 33.8 Å². The number of hydrogen-bond donors (Lipinski definition) is 0. The lowest BCUT2D eigenvalue weighted by molar-refractivity contribution is -0.147. The van der Waals surface area contributed by atoms with Gasteiger partial charge in [-0.15, -0.1) is 0 Å². The Balaban J connectivity index is 0.943. The maximum absolute atomic E-state index is 14.2. The molecule has 0 saturated heterocycles. The first kappa shape index (κ1) is 36.5. The van der Waals surface area contributed by atoms with Gasteiger partial charge in [-0.2, -0.15) is 0 Å². The maximum atomic E-state index is 14.2. The summed E-state index contributed by atoms with van der Waals surface area (Å²) in [5.41, 5.74) is 5.15. The number of amides is 2. The van der Waals surface area contributed by atoms with Crippen molar-refractivity contribution in [3.05, 3.63) is 206 Å². The number of carbonyl (C=O) groups excluding carboxylic acids is 2. The highest BCUT2D eigenvalue weighted by molar-refractivity contribution is 6.31. The standard InChI is InChI=1S/C47H37Cl3N2O4/c48-35-20-16-33(17-21-35)46(50)42-12-6-4-10-40(42)44(53)51(46)29-32-14-24-37(25-15-32)55-38-26-27-39(28-38)56-47(34-18-22-36(49)23-19-34)43-13-7-5-11-41(43)45(54)52(47)30-31-8-2-1-3-9-31/h1-25,38-39H,26-30H2. The molecular formula is C47H37Cl3N2O4. The van der Waals surface area contributed by atoms with E-state index in [-0.39, 0.29) is 24.0 Å². The molecule has 0 radical (unpaired) electrons. The van der Waals surface area contributed by atoms with Crippen LogP contribution in [0, 0.1) is 0 Å². The zero-order valence-corrected chi connectivity index (χ0v) is 32.6. The van der Waals surface area contributed by atoms with E-state index in [1.807, 2.05) is 144 Å². The molecule has 4 atom stereocenters. The molecule has 1 aliphatic carbocycles. The van der Waals surface area contributed by atoms with Gasteiger partial charge in [0.1, 0.15) is 11.9 Å². The second-order valence-corrected chi connectivity index (χ2v) is 16.0. The van der Waals surface area contributed by atoms with Gasteiger partial charge in [0.25, 0.3) is 11.8 Å². The van der Waals surface area contributed by atoms with E-state index >= 15 is 0 Å². The normalized spacial score (nSPS) is 22.7. The Morgan fingerprint density at radius 3 is 1.75 bits per heavy atom. The highest BCUT2D eigenvalue weighted by Gasteiger charge is 2.54. The molecule has 0 bridgehead atoms. The monoisotopic (exact) mass is 798 g/mol. The Labute approximate surface area is 341 Å². The summed E-state index contributed by atoms with van der Waals surface area (Å²) < 4.78 is 13.8. The molecule has 2 aliphatic heterocycles. The van der Waals surface area contributed by atoms with Gasteiger partial charge >= 0.3 is 0 Å². The fraction of sp³-hybridized carbons (Fsp3) is 0.191. The molecule has 6 nitrogen and oxygen atoms in total. The molecule has 9 rings (SSSR count). The number of hydrogen-bond acceptors (Lipinski definition) is 4. The molecule has 0 spiro atoms. The van der Waals surface area contributed by atoms with E-state index in [2.05, 4.69) is 0 Å². The lowest BCUT2D eigenvalue weighted by Gasteiger charge is -2.41. The minimum atomic E-state index is -1.18. The van der Waals surface area contributed by atoms with Crippen molar-refractivity contribution in [2.24, 2.45) is 0 Å². The van der Waals surface area contributed by atoms with Crippen LogP contribution in [0.5, 0.6) is 5.75 Å². The van der Waals surface area contributed by atoms with Gasteiger partial charge < -0.3 is 14.4 Å². The average Bonchev–Trinajstić information content (AvgIpc) is 3.83. The van der Waals surface area contributed by atoms with Crippen LogP contribution in [0.2, 0.25) is 10.0 Å². The van der Waals surface area contributed by atoms with Crippen molar-refractivity contribution in [2.45, 2.75) is 55.3 Å². The van der Waals surface area contributed by atoms with Gasteiger partial charge in [-0.3, -0.25) is 14.5 Å². The summed E-state index contributed by atoms with van der Waals surface area (Å²) in [6.45, 7) is 0.668. The van der Waals surface area contributed by atoms with Gasteiger partial charge in [0.15, 0.2) is 10.7 Å². The Morgan fingerprint density at radius 2 is 1.07 bits per heavy atom. The van der Waals surface area contributed by atoms with Crippen LogP contribution in [0.1, 0.15) is 73.4 Å². The highest BCUT2D eigenvalue weighted by Crippen LogP contribution is 2.50. The van der Waals surface area contributed by atoms with Crippen LogP contribution >= 0.6 is 34.8 Å². The quantitative estimate of drug-likeness (QED) is 0.102. The largest absolute Gasteiger partial charge is 0.490 e. The summed E-state index contributed by atoms with van der Waals surface area (Å²) in [6.07, 6.45) is 1.89. The number of nitrogens with zero attached hydrogens (tertiary/aromatic N) is 2. The first-order chi connectivity index (χ1) is 27.2. The first-order valence-electron chi connectivity index (χ1n) is 18.8. The van der Waals surface area contributed by atoms with Gasteiger partial charge in [-0.05, 0) is 78.1 Å². The summed E-state index contributed by atoms with van der Waals surface area (Å²) >= 11 is 20.0. The smallest absolute Gasteiger partial charge is 0.257 e. The van der Waals surface area contributed by atoms with E-state index in [9.17, 15) is 9.59 Å². The fourth-order valence-corrected chi connectivity index (χ4v) is 9.17. The van der Waals surface area contributed by atoms with E-state index < -0.39 is 10.7 Å². The molecule has 3 aliphatic rings. The van der Waals surface area contributed by atoms with Gasteiger partial charge in [0.2, 0.25) is 0 Å². The molecular weight excluding hydrogens is 763 g/mol. The zero-order chi connectivity index (χ0) is 38.4. The summed E-state index contributed by atoms with van der Waals surface area (Å²) in [6, 6.07) is 48.0. The minimum absolute atomic E-state index is 0.0793. The lowest BCUT2D eigenvalue weighted by Crippen LogP contribution is -2.48. The Hall–Kier alpha value is -5.11. The molecule has 2 heterocycles. The van der Waals surface area contributed by atoms with E-state index in [1.165, 1.54) is 0 Å².